The fraction of sp³-hybridized carbons (Fsp3) is 0.360. The zero-order chi connectivity index (χ0) is 21.8. The third kappa shape index (κ3) is 5.14. The molecule has 1 aromatic carbocycles. The number of carbonyl (C=O) groups is 1. The lowest BCUT2D eigenvalue weighted by atomic mass is 10.1. The molecule has 0 bridgehead atoms. The quantitative estimate of drug-likeness (QED) is 0.496. The van der Waals surface area contributed by atoms with E-state index in [4.69, 9.17) is 9.72 Å². The predicted octanol–water partition coefficient (Wildman–Crippen LogP) is 4.89. The second-order valence-corrected chi connectivity index (χ2v) is 9.19. The van der Waals surface area contributed by atoms with Gasteiger partial charge in [-0.2, -0.15) is 0 Å². The second-order valence-electron chi connectivity index (χ2n) is 8.21. The van der Waals surface area contributed by atoms with E-state index >= 15 is 0 Å². The highest BCUT2D eigenvalue weighted by Gasteiger charge is 2.23. The summed E-state index contributed by atoms with van der Waals surface area (Å²) >= 11 is 1.62. The van der Waals surface area contributed by atoms with E-state index in [1.54, 1.807) is 17.4 Å². The van der Waals surface area contributed by atoms with Crippen molar-refractivity contribution < 1.29 is 9.53 Å². The normalized spacial score (nSPS) is 16.3. The van der Waals surface area contributed by atoms with Gasteiger partial charge in [0, 0.05) is 55.7 Å². The Morgan fingerprint density at radius 3 is 2.87 bits per heavy atom. The summed E-state index contributed by atoms with van der Waals surface area (Å²) in [4.78, 5) is 23.1. The fourth-order valence-corrected chi connectivity index (χ4v) is 4.62. The van der Waals surface area contributed by atoms with E-state index in [2.05, 4.69) is 31.2 Å². The lowest BCUT2D eigenvalue weighted by Gasteiger charge is -2.27. The van der Waals surface area contributed by atoms with E-state index in [0.29, 0.717) is 13.1 Å². The molecule has 1 aliphatic rings. The van der Waals surface area contributed by atoms with Gasteiger partial charge in [0.2, 0.25) is 5.91 Å². The number of thiophene rings is 1. The van der Waals surface area contributed by atoms with Gasteiger partial charge in [0.05, 0.1) is 11.6 Å². The van der Waals surface area contributed by atoms with Crippen LogP contribution >= 0.6 is 11.3 Å². The number of anilines is 1. The van der Waals surface area contributed by atoms with Crippen LogP contribution in [0.15, 0.2) is 47.9 Å². The second kappa shape index (κ2) is 9.62. The Hall–Kier alpha value is -2.70. The van der Waals surface area contributed by atoms with Crippen LogP contribution in [0.25, 0.3) is 17.0 Å². The number of amides is 1. The number of carbonyl (C=O) groups excluding carboxylic acids is 1. The Morgan fingerprint density at radius 1 is 1.29 bits per heavy atom. The van der Waals surface area contributed by atoms with Crippen LogP contribution in [0, 0.1) is 6.92 Å². The van der Waals surface area contributed by atoms with Crippen molar-refractivity contribution in [3.8, 4) is 0 Å². The highest BCUT2D eigenvalue weighted by molar-refractivity contribution is 7.10. The Balaban J connectivity index is 1.65. The molecule has 1 fully saturated rings. The Morgan fingerprint density at radius 2 is 2.16 bits per heavy atom. The van der Waals surface area contributed by atoms with E-state index in [-0.39, 0.29) is 12.0 Å². The third-order valence-corrected chi connectivity index (χ3v) is 6.42. The van der Waals surface area contributed by atoms with Crippen LogP contribution in [0.1, 0.15) is 28.8 Å². The SMILES string of the molecule is Cc1cccc2cc(CN(CC3CCCO3)C(=O)C=Cc3cccs3)c(N(C)C)nc12. The molecule has 0 N–H and O–H groups in total. The van der Waals surface area contributed by atoms with Crippen molar-refractivity contribution in [1.82, 2.24) is 9.88 Å². The van der Waals surface area contributed by atoms with Gasteiger partial charge in [-0.1, -0.05) is 24.3 Å². The summed E-state index contributed by atoms with van der Waals surface area (Å²) in [7, 11) is 4.00. The number of hydrogen-bond donors (Lipinski definition) is 0. The number of pyridine rings is 1. The standard InChI is InChI=1S/C25H29N3O2S/c1-18-7-4-8-19-15-20(25(27(2)3)26-24(18)19)16-28(17-21-9-5-13-30-21)23(29)12-11-22-10-6-14-31-22/h4,6-8,10-12,14-15,21H,5,9,13,16-17H2,1-3H3. The minimum atomic E-state index is -0.00190. The summed E-state index contributed by atoms with van der Waals surface area (Å²) < 4.78 is 5.84. The molecule has 0 radical (unpaired) electrons. The Labute approximate surface area is 188 Å². The molecule has 5 nitrogen and oxygen atoms in total. The van der Waals surface area contributed by atoms with Crippen molar-refractivity contribution >= 4 is 40.0 Å². The molecule has 1 unspecified atom stereocenters. The molecule has 1 amide bonds. The largest absolute Gasteiger partial charge is 0.376 e. The minimum absolute atomic E-state index is 0.00190. The first-order valence-corrected chi connectivity index (χ1v) is 11.6. The van der Waals surface area contributed by atoms with Crippen molar-refractivity contribution in [2.45, 2.75) is 32.4 Å². The summed E-state index contributed by atoms with van der Waals surface area (Å²) in [5.41, 5.74) is 3.20. The van der Waals surface area contributed by atoms with E-state index in [9.17, 15) is 4.79 Å². The maximum absolute atomic E-state index is 13.2. The van der Waals surface area contributed by atoms with Crippen LogP contribution in [0.5, 0.6) is 0 Å². The van der Waals surface area contributed by atoms with Crippen LogP contribution in [-0.2, 0) is 16.1 Å². The maximum Gasteiger partial charge on any atom is 0.246 e. The van der Waals surface area contributed by atoms with Gasteiger partial charge in [0.1, 0.15) is 5.82 Å². The zero-order valence-corrected chi connectivity index (χ0v) is 19.2. The number of hydrogen-bond acceptors (Lipinski definition) is 5. The monoisotopic (exact) mass is 435 g/mol. The van der Waals surface area contributed by atoms with Crippen molar-refractivity contribution in [2.75, 3.05) is 32.1 Å². The Bertz CT molecular complexity index is 1070. The first-order valence-electron chi connectivity index (χ1n) is 10.7. The van der Waals surface area contributed by atoms with E-state index < -0.39 is 0 Å². The lowest BCUT2D eigenvalue weighted by molar-refractivity contribution is -0.128. The number of aryl methyl sites for hydroxylation is 1. The number of nitrogens with zero attached hydrogens (tertiary/aromatic N) is 3. The van der Waals surface area contributed by atoms with Gasteiger partial charge in [0.15, 0.2) is 0 Å². The third-order valence-electron chi connectivity index (χ3n) is 5.58. The molecule has 1 atom stereocenters. The molecule has 31 heavy (non-hydrogen) atoms. The van der Waals surface area contributed by atoms with Crippen molar-refractivity contribution in [3.63, 3.8) is 0 Å². The van der Waals surface area contributed by atoms with Crippen LogP contribution in [0.4, 0.5) is 5.82 Å². The first kappa shape index (κ1) is 21.5. The summed E-state index contributed by atoms with van der Waals surface area (Å²) in [6.45, 7) is 3.94. The highest BCUT2D eigenvalue weighted by Crippen LogP contribution is 2.26. The van der Waals surface area contributed by atoms with E-state index in [1.807, 2.05) is 47.5 Å². The molecule has 1 saturated heterocycles. The molecular formula is C25H29N3O2S. The van der Waals surface area contributed by atoms with Gasteiger partial charge < -0.3 is 14.5 Å². The van der Waals surface area contributed by atoms with Gasteiger partial charge in [-0.25, -0.2) is 4.98 Å². The molecule has 0 saturated carbocycles. The number of para-hydroxylation sites is 1. The predicted molar refractivity (Wildman–Crippen MR) is 129 cm³/mol. The maximum atomic E-state index is 13.2. The molecule has 2 aromatic heterocycles. The first-order chi connectivity index (χ1) is 15.0. The Kier molecular flexibility index (Phi) is 6.68. The minimum Gasteiger partial charge on any atom is -0.376 e. The van der Waals surface area contributed by atoms with Gasteiger partial charge >= 0.3 is 0 Å². The summed E-state index contributed by atoms with van der Waals surface area (Å²) in [6, 6.07) is 12.4. The lowest BCUT2D eigenvalue weighted by Crippen LogP contribution is -2.36. The van der Waals surface area contributed by atoms with Gasteiger partial charge in [-0.15, -0.1) is 11.3 Å². The van der Waals surface area contributed by atoms with Gasteiger partial charge in [-0.05, 0) is 48.9 Å². The van der Waals surface area contributed by atoms with Crippen molar-refractivity contribution in [1.29, 1.82) is 0 Å². The van der Waals surface area contributed by atoms with Crippen molar-refractivity contribution in [3.05, 3.63) is 63.9 Å². The molecule has 3 aromatic rings. The number of benzene rings is 1. The van der Waals surface area contributed by atoms with E-state index in [1.165, 1.54) is 0 Å². The average molecular weight is 436 g/mol. The summed E-state index contributed by atoms with van der Waals surface area (Å²) in [5.74, 6) is 0.895. The smallest absolute Gasteiger partial charge is 0.246 e. The number of rotatable bonds is 7. The topological polar surface area (TPSA) is 45.7 Å². The van der Waals surface area contributed by atoms with Gasteiger partial charge in [0.25, 0.3) is 0 Å². The number of fused-ring (bicyclic) bond motifs is 1. The summed E-state index contributed by atoms with van der Waals surface area (Å²) in [5, 5.41) is 3.11. The van der Waals surface area contributed by atoms with Crippen LogP contribution in [0.3, 0.4) is 0 Å². The average Bonchev–Trinajstić information content (AvgIpc) is 3.45. The van der Waals surface area contributed by atoms with E-state index in [0.717, 1.165) is 52.2 Å². The molecule has 6 heteroatoms. The summed E-state index contributed by atoms with van der Waals surface area (Å²) in [6.07, 6.45) is 5.71. The number of ether oxygens (including phenoxy) is 1. The number of aromatic nitrogens is 1. The molecule has 0 aliphatic carbocycles. The molecule has 1 aliphatic heterocycles. The van der Waals surface area contributed by atoms with Crippen molar-refractivity contribution in [2.24, 2.45) is 0 Å². The van der Waals surface area contributed by atoms with Crippen LogP contribution in [0.2, 0.25) is 0 Å². The van der Waals surface area contributed by atoms with Crippen LogP contribution in [-0.4, -0.2) is 49.1 Å². The zero-order valence-electron chi connectivity index (χ0n) is 18.4. The molecular weight excluding hydrogens is 406 g/mol. The highest BCUT2D eigenvalue weighted by atomic mass is 32.1. The molecule has 162 valence electrons. The molecule has 4 rings (SSSR count). The fourth-order valence-electron chi connectivity index (χ4n) is 4.00. The van der Waals surface area contributed by atoms with Gasteiger partial charge in [-0.3, -0.25) is 4.79 Å². The molecule has 3 heterocycles. The molecule has 0 spiro atoms. The van der Waals surface area contributed by atoms with Crippen LogP contribution < -0.4 is 4.90 Å².